The van der Waals surface area contributed by atoms with Gasteiger partial charge < -0.3 is 25.2 Å². The Morgan fingerprint density at radius 3 is 2.50 bits per heavy atom. The Balaban J connectivity index is 1.79. The van der Waals surface area contributed by atoms with E-state index in [0.717, 1.165) is 6.20 Å². The Morgan fingerprint density at radius 2 is 1.87 bits per heavy atom. The number of anilines is 2. The maximum atomic E-state index is 16.2. The van der Waals surface area contributed by atoms with Gasteiger partial charge in [-0.25, -0.2) is 18.0 Å². The van der Waals surface area contributed by atoms with Crippen LogP contribution in [0.5, 0.6) is 0 Å². The fourth-order valence-electron chi connectivity index (χ4n) is 4.95. The SMILES string of the molecule is C[C@@H]1CN(c2ccc(C3=CCCN(C(=O)O)C3)c(F)c2NC(=O)c2c[nH]c(=O)cc2C(F)F)C[C@H](C)N1C. The summed E-state index contributed by atoms with van der Waals surface area (Å²) in [6.45, 7) is 5.35. The summed E-state index contributed by atoms with van der Waals surface area (Å²) in [5.41, 5.74) is -1.31. The highest BCUT2D eigenvalue weighted by atomic mass is 19.3. The van der Waals surface area contributed by atoms with Crippen LogP contribution in [0.2, 0.25) is 0 Å². The van der Waals surface area contributed by atoms with Crippen LogP contribution < -0.4 is 15.8 Å². The molecule has 204 valence electrons. The van der Waals surface area contributed by atoms with Gasteiger partial charge in [-0.05, 0) is 45.0 Å². The molecular weight excluding hydrogens is 503 g/mol. The molecule has 3 heterocycles. The summed E-state index contributed by atoms with van der Waals surface area (Å²) in [7, 11) is 1.99. The number of carbonyl (C=O) groups is 2. The Hall–Kier alpha value is -3.80. The second-order valence-corrected chi connectivity index (χ2v) is 9.73. The van der Waals surface area contributed by atoms with Gasteiger partial charge in [0.05, 0.1) is 11.3 Å². The van der Waals surface area contributed by atoms with Crippen LogP contribution in [0.15, 0.2) is 35.3 Å². The Bertz CT molecular complexity index is 1320. The van der Waals surface area contributed by atoms with Crippen LogP contribution >= 0.6 is 0 Å². The van der Waals surface area contributed by atoms with E-state index in [1.54, 1.807) is 18.2 Å². The number of nitrogens with zero attached hydrogens (tertiary/aromatic N) is 3. The number of alkyl halides is 2. The zero-order chi connectivity index (χ0) is 27.7. The van der Waals surface area contributed by atoms with Crippen molar-refractivity contribution in [2.75, 3.05) is 43.4 Å². The molecule has 0 unspecified atom stereocenters. The Morgan fingerprint density at radius 1 is 1.18 bits per heavy atom. The van der Waals surface area contributed by atoms with Gasteiger partial charge in [-0.2, -0.15) is 0 Å². The van der Waals surface area contributed by atoms with Crippen LogP contribution in [0.4, 0.5) is 29.3 Å². The molecule has 2 aliphatic heterocycles. The van der Waals surface area contributed by atoms with E-state index in [1.807, 2.05) is 25.8 Å². The third-order valence-electron chi connectivity index (χ3n) is 7.26. The summed E-state index contributed by atoms with van der Waals surface area (Å²) in [4.78, 5) is 43.8. The molecule has 2 aromatic rings. The van der Waals surface area contributed by atoms with Crippen molar-refractivity contribution in [1.29, 1.82) is 0 Å². The first-order valence-corrected chi connectivity index (χ1v) is 12.3. The van der Waals surface area contributed by atoms with Crippen LogP contribution in [-0.2, 0) is 0 Å². The summed E-state index contributed by atoms with van der Waals surface area (Å²) < 4.78 is 43.4. The molecule has 38 heavy (non-hydrogen) atoms. The molecule has 0 saturated carbocycles. The van der Waals surface area contributed by atoms with Crippen LogP contribution in [-0.4, -0.2) is 77.2 Å². The van der Waals surface area contributed by atoms with Crippen LogP contribution in [0.3, 0.4) is 0 Å². The minimum atomic E-state index is -3.09. The number of aromatic nitrogens is 1. The monoisotopic (exact) mass is 533 g/mol. The van der Waals surface area contributed by atoms with Crippen LogP contribution in [0.25, 0.3) is 5.57 Å². The lowest BCUT2D eigenvalue weighted by molar-refractivity contribution is 0.101. The molecular formula is C26H30F3N5O4. The minimum Gasteiger partial charge on any atom is -0.465 e. The van der Waals surface area contributed by atoms with Crippen LogP contribution in [0, 0.1) is 5.82 Å². The van der Waals surface area contributed by atoms with Crippen molar-refractivity contribution in [1.82, 2.24) is 14.8 Å². The number of benzene rings is 1. The normalized spacial score (nSPS) is 20.4. The highest BCUT2D eigenvalue weighted by molar-refractivity contribution is 6.07. The summed E-state index contributed by atoms with van der Waals surface area (Å²) in [6, 6.07) is 4.07. The number of nitrogens with one attached hydrogen (secondary N) is 2. The smallest absolute Gasteiger partial charge is 0.407 e. The lowest BCUT2D eigenvalue weighted by atomic mass is 9.98. The predicted molar refractivity (Wildman–Crippen MR) is 137 cm³/mol. The molecule has 12 heteroatoms. The fourth-order valence-corrected chi connectivity index (χ4v) is 4.95. The van der Waals surface area contributed by atoms with Crippen molar-refractivity contribution >= 4 is 28.9 Å². The fraction of sp³-hybridized carbons (Fsp3) is 0.423. The van der Waals surface area contributed by atoms with Crippen molar-refractivity contribution in [2.45, 2.75) is 38.8 Å². The van der Waals surface area contributed by atoms with E-state index in [2.05, 4.69) is 15.2 Å². The maximum absolute atomic E-state index is 16.2. The van der Waals surface area contributed by atoms with Gasteiger partial charge >= 0.3 is 6.09 Å². The molecule has 3 N–H and O–H groups in total. The summed E-state index contributed by atoms with van der Waals surface area (Å²) in [5.74, 6) is -1.80. The van der Waals surface area contributed by atoms with Gasteiger partial charge in [0.2, 0.25) is 5.56 Å². The van der Waals surface area contributed by atoms with E-state index in [0.29, 0.717) is 36.8 Å². The van der Waals surface area contributed by atoms with Gasteiger partial charge in [0, 0.05) is 61.7 Å². The van der Waals surface area contributed by atoms with Crippen molar-refractivity contribution in [3.63, 3.8) is 0 Å². The van der Waals surface area contributed by atoms with Gasteiger partial charge in [0.1, 0.15) is 5.69 Å². The first-order chi connectivity index (χ1) is 18.0. The number of amides is 2. The van der Waals surface area contributed by atoms with Crippen molar-refractivity contribution in [3.8, 4) is 0 Å². The number of rotatable bonds is 5. The summed E-state index contributed by atoms with van der Waals surface area (Å²) in [6.07, 6.45) is -1.19. The van der Waals surface area contributed by atoms with Gasteiger partial charge in [-0.3, -0.25) is 14.5 Å². The molecule has 4 rings (SSSR count). The van der Waals surface area contributed by atoms with Crippen LogP contribution in [0.1, 0.15) is 48.2 Å². The molecule has 1 fully saturated rings. The number of carboxylic acid groups (broad SMARTS) is 1. The zero-order valence-electron chi connectivity index (χ0n) is 21.3. The van der Waals surface area contributed by atoms with Gasteiger partial charge in [0.25, 0.3) is 12.3 Å². The number of hydrogen-bond donors (Lipinski definition) is 3. The van der Waals surface area contributed by atoms with E-state index in [4.69, 9.17) is 0 Å². The van der Waals surface area contributed by atoms with Crippen molar-refractivity contribution < 1.29 is 27.9 Å². The number of hydrogen-bond acceptors (Lipinski definition) is 5. The number of likely N-dealkylation sites (N-methyl/N-ethyl adjacent to an activating group) is 1. The molecule has 0 radical (unpaired) electrons. The number of halogens is 3. The lowest BCUT2D eigenvalue weighted by Crippen LogP contribution is -2.55. The average Bonchev–Trinajstić information content (AvgIpc) is 2.87. The first-order valence-electron chi connectivity index (χ1n) is 12.3. The molecule has 9 nitrogen and oxygen atoms in total. The predicted octanol–water partition coefficient (Wildman–Crippen LogP) is 4.00. The van der Waals surface area contributed by atoms with Gasteiger partial charge in [-0.15, -0.1) is 0 Å². The first kappa shape index (κ1) is 27.2. The number of H-pyrrole nitrogens is 1. The molecule has 2 amide bonds. The molecule has 0 aliphatic carbocycles. The van der Waals surface area contributed by atoms with E-state index < -0.39 is 40.9 Å². The molecule has 0 spiro atoms. The van der Waals surface area contributed by atoms with Crippen molar-refractivity contribution in [3.05, 3.63) is 63.3 Å². The van der Waals surface area contributed by atoms with E-state index in [9.17, 15) is 28.3 Å². The second kappa shape index (κ2) is 10.9. The lowest BCUT2D eigenvalue weighted by Gasteiger charge is -2.44. The quantitative estimate of drug-likeness (QED) is 0.536. The number of piperazine rings is 1. The Kier molecular flexibility index (Phi) is 7.81. The molecule has 2 atom stereocenters. The van der Waals surface area contributed by atoms with Gasteiger partial charge in [-0.1, -0.05) is 6.08 Å². The van der Waals surface area contributed by atoms with E-state index >= 15 is 4.39 Å². The summed E-state index contributed by atoms with van der Waals surface area (Å²) >= 11 is 0. The van der Waals surface area contributed by atoms with Crippen molar-refractivity contribution in [2.24, 2.45) is 0 Å². The largest absolute Gasteiger partial charge is 0.465 e. The third-order valence-corrected chi connectivity index (χ3v) is 7.26. The Labute approximate surface area is 217 Å². The minimum absolute atomic E-state index is 0.0307. The topological polar surface area (TPSA) is 109 Å². The number of aromatic amines is 1. The van der Waals surface area contributed by atoms with E-state index in [1.165, 1.54) is 4.90 Å². The third kappa shape index (κ3) is 5.40. The molecule has 1 aromatic heterocycles. The zero-order valence-corrected chi connectivity index (χ0v) is 21.3. The summed E-state index contributed by atoms with van der Waals surface area (Å²) in [5, 5.41) is 11.9. The molecule has 0 bridgehead atoms. The molecule has 1 saturated heterocycles. The maximum Gasteiger partial charge on any atom is 0.407 e. The van der Waals surface area contributed by atoms with E-state index in [-0.39, 0.29) is 36.4 Å². The molecule has 1 aromatic carbocycles. The van der Waals surface area contributed by atoms with Gasteiger partial charge in [0.15, 0.2) is 5.82 Å². The highest BCUT2D eigenvalue weighted by Crippen LogP contribution is 2.37. The highest BCUT2D eigenvalue weighted by Gasteiger charge is 2.31. The second-order valence-electron chi connectivity index (χ2n) is 9.73. The number of carbonyl (C=O) groups excluding carboxylic acids is 1. The number of pyridine rings is 1. The molecule has 2 aliphatic rings. The average molecular weight is 534 g/mol. The standard InChI is InChI=1S/C26H30F3N5O4/c1-14-11-34(12-15(2)32(14)3)20-7-6-17(16-5-4-8-33(13-16)26(37)38)22(27)23(20)31-25(36)19-10-30-21(35)9-18(19)24(28)29/h5-7,9-10,14-15,24H,4,8,11-13H2,1-3H3,(H,30,35)(H,31,36)(H,37,38)/t14-,15+.